The first-order chi connectivity index (χ1) is 13.9. The van der Waals surface area contributed by atoms with E-state index in [4.69, 9.17) is 0 Å². The van der Waals surface area contributed by atoms with Crippen LogP contribution in [0.5, 0.6) is 0 Å². The Bertz CT molecular complexity index is 914. The van der Waals surface area contributed by atoms with Gasteiger partial charge in [-0.05, 0) is 55.1 Å². The Kier molecular flexibility index (Phi) is 6.83. The molecule has 0 radical (unpaired) electrons. The maximum Gasteiger partial charge on any atom is 0.163 e. The minimum Gasteiger partial charge on any atom is -0.385 e. The lowest BCUT2D eigenvalue weighted by Gasteiger charge is -2.41. The van der Waals surface area contributed by atoms with Crippen molar-refractivity contribution in [2.45, 2.75) is 32.8 Å². The van der Waals surface area contributed by atoms with E-state index in [1.165, 1.54) is 0 Å². The maximum atomic E-state index is 13.1. The molecule has 29 heavy (non-hydrogen) atoms. The molecule has 0 bridgehead atoms. The molecule has 1 aliphatic heterocycles. The highest BCUT2D eigenvalue weighted by molar-refractivity contribution is 5.96. The van der Waals surface area contributed by atoms with Gasteiger partial charge in [-0.3, -0.25) is 4.79 Å². The first-order valence-electron chi connectivity index (χ1n) is 10.4. The first-order valence-corrected chi connectivity index (χ1v) is 10.4. The third kappa shape index (κ3) is 5.11. The van der Waals surface area contributed by atoms with Crippen LogP contribution in [0.1, 0.15) is 35.6 Å². The van der Waals surface area contributed by atoms with Crippen molar-refractivity contribution in [2.24, 2.45) is 5.92 Å². The average molecular weight is 390 g/mol. The van der Waals surface area contributed by atoms with Gasteiger partial charge in [0.15, 0.2) is 5.78 Å². The number of allylic oxidation sites excluding steroid dienone is 1. The lowest BCUT2D eigenvalue weighted by molar-refractivity contribution is -0.129. The van der Waals surface area contributed by atoms with Crippen molar-refractivity contribution in [3.05, 3.63) is 82.9 Å². The quantitative estimate of drug-likeness (QED) is 0.730. The van der Waals surface area contributed by atoms with Gasteiger partial charge in [0.05, 0.1) is 11.5 Å². The molecule has 2 aromatic carbocycles. The van der Waals surface area contributed by atoms with E-state index in [1.54, 1.807) is 6.08 Å². The second-order valence-corrected chi connectivity index (χ2v) is 7.97. The Hall–Kier alpha value is -2.49. The standard InChI is InChI=1S/C26H31NO2/c1-4-27-18-17-26(29,16-15-23-12-8-6-10-21(23)3)24(19-27)25(28)14-13-22-11-7-5-9-20(22)2/h5-16,24,29H,4,17-19H2,1-3H3/b14-13+,16-15+. The maximum absolute atomic E-state index is 13.1. The lowest BCUT2D eigenvalue weighted by Crippen LogP contribution is -2.53. The average Bonchev–Trinajstić information content (AvgIpc) is 2.73. The summed E-state index contributed by atoms with van der Waals surface area (Å²) in [7, 11) is 0. The van der Waals surface area contributed by atoms with Crippen LogP contribution < -0.4 is 0 Å². The number of piperidine rings is 1. The monoisotopic (exact) mass is 389 g/mol. The fourth-order valence-electron chi connectivity index (χ4n) is 3.91. The molecule has 152 valence electrons. The largest absolute Gasteiger partial charge is 0.385 e. The van der Waals surface area contributed by atoms with Gasteiger partial charge in [0.2, 0.25) is 0 Å². The Morgan fingerprint density at radius 3 is 2.24 bits per heavy atom. The number of rotatable bonds is 6. The number of hydrogen-bond donors (Lipinski definition) is 1. The Balaban J connectivity index is 1.85. The number of nitrogens with zero attached hydrogens (tertiary/aromatic N) is 1. The molecule has 3 nitrogen and oxygen atoms in total. The first kappa shape index (κ1) is 21.2. The second kappa shape index (κ2) is 9.34. The summed E-state index contributed by atoms with van der Waals surface area (Å²) in [6.45, 7) is 8.42. The molecule has 2 atom stereocenters. The molecule has 0 saturated carbocycles. The second-order valence-electron chi connectivity index (χ2n) is 7.97. The van der Waals surface area contributed by atoms with Crippen LogP contribution in [0.3, 0.4) is 0 Å². The molecule has 0 amide bonds. The summed E-state index contributed by atoms with van der Waals surface area (Å²) in [5.74, 6) is -0.500. The van der Waals surface area contributed by atoms with Crippen LogP contribution in [-0.2, 0) is 4.79 Å². The van der Waals surface area contributed by atoms with Crippen LogP contribution in [-0.4, -0.2) is 41.0 Å². The topological polar surface area (TPSA) is 40.5 Å². The van der Waals surface area contributed by atoms with Crippen molar-refractivity contribution in [1.29, 1.82) is 0 Å². The zero-order valence-corrected chi connectivity index (χ0v) is 17.6. The van der Waals surface area contributed by atoms with E-state index < -0.39 is 11.5 Å². The van der Waals surface area contributed by atoms with Crippen molar-refractivity contribution >= 4 is 17.9 Å². The molecule has 0 spiro atoms. The highest BCUT2D eigenvalue weighted by Crippen LogP contribution is 2.32. The smallest absolute Gasteiger partial charge is 0.163 e. The predicted molar refractivity (Wildman–Crippen MR) is 121 cm³/mol. The molecule has 1 saturated heterocycles. The van der Waals surface area contributed by atoms with E-state index in [1.807, 2.05) is 67.6 Å². The number of hydrogen-bond acceptors (Lipinski definition) is 3. The summed E-state index contributed by atoms with van der Waals surface area (Å²) in [6, 6.07) is 16.1. The van der Waals surface area contributed by atoms with Crippen LogP contribution in [0, 0.1) is 19.8 Å². The molecule has 2 unspecified atom stereocenters. The number of aliphatic hydroxyl groups is 1. The molecule has 2 aromatic rings. The highest BCUT2D eigenvalue weighted by atomic mass is 16.3. The number of likely N-dealkylation sites (tertiary alicyclic amines) is 1. The van der Waals surface area contributed by atoms with Crippen molar-refractivity contribution in [3.8, 4) is 0 Å². The molecule has 1 N–H and O–H groups in total. The fourth-order valence-corrected chi connectivity index (χ4v) is 3.91. The number of carbonyl (C=O) groups excluding carboxylic acids is 1. The van der Waals surface area contributed by atoms with E-state index in [9.17, 15) is 9.90 Å². The van der Waals surface area contributed by atoms with E-state index in [0.717, 1.165) is 35.3 Å². The minimum atomic E-state index is -1.14. The summed E-state index contributed by atoms with van der Waals surface area (Å²) in [5, 5.41) is 11.5. The van der Waals surface area contributed by atoms with Crippen LogP contribution in [0.2, 0.25) is 0 Å². The van der Waals surface area contributed by atoms with Gasteiger partial charge in [-0.1, -0.05) is 73.7 Å². The summed E-state index contributed by atoms with van der Waals surface area (Å²) in [6.07, 6.45) is 7.86. The summed E-state index contributed by atoms with van der Waals surface area (Å²) >= 11 is 0. The summed E-state index contributed by atoms with van der Waals surface area (Å²) < 4.78 is 0. The van der Waals surface area contributed by atoms with E-state index >= 15 is 0 Å². The Morgan fingerprint density at radius 2 is 1.66 bits per heavy atom. The molecule has 1 fully saturated rings. The van der Waals surface area contributed by atoms with Gasteiger partial charge in [0.25, 0.3) is 0 Å². The number of ketones is 1. The van der Waals surface area contributed by atoms with Crippen molar-refractivity contribution < 1.29 is 9.90 Å². The highest BCUT2D eigenvalue weighted by Gasteiger charge is 2.42. The van der Waals surface area contributed by atoms with Crippen molar-refractivity contribution in [2.75, 3.05) is 19.6 Å². The van der Waals surface area contributed by atoms with Gasteiger partial charge in [0.1, 0.15) is 0 Å². The Labute approximate surface area is 174 Å². The van der Waals surface area contributed by atoms with Crippen LogP contribution >= 0.6 is 0 Å². The number of carbonyl (C=O) groups is 1. The normalized spacial score (nSPS) is 23.1. The SMILES string of the molecule is CCN1CCC(O)(/C=C/c2ccccc2C)C(C(=O)/C=C/c2ccccc2C)C1. The lowest BCUT2D eigenvalue weighted by atomic mass is 9.77. The van der Waals surface area contributed by atoms with Gasteiger partial charge in [-0.2, -0.15) is 0 Å². The molecule has 3 heteroatoms. The van der Waals surface area contributed by atoms with Crippen LogP contribution in [0.15, 0.2) is 60.7 Å². The number of aryl methyl sites for hydroxylation is 2. The molecule has 3 rings (SSSR count). The zero-order chi connectivity index (χ0) is 20.9. The molecule has 1 aliphatic rings. The summed E-state index contributed by atoms with van der Waals surface area (Å²) in [4.78, 5) is 15.4. The third-order valence-electron chi connectivity index (χ3n) is 6.02. The van der Waals surface area contributed by atoms with E-state index in [0.29, 0.717) is 13.0 Å². The molecular formula is C26H31NO2. The summed E-state index contributed by atoms with van der Waals surface area (Å²) in [5.41, 5.74) is 3.25. The van der Waals surface area contributed by atoms with E-state index in [-0.39, 0.29) is 5.78 Å². The molecule has 1 heterocycles. The zero-order valence-electron chi connectivity index (χ0n) is 17.6. The third-order valence-corrected chi connectivity index (χ3v) is 6.02. The fraction of sp³-hybridized carbons (Fsp3) is 0.346. The molecule has 0 aromatic heterocycles. The minimum absolute atomic E-state index is 0.0247. The Morgan fingerprint density at radius 1 is 1.07 bits per heavy atom. The predicted octanol–water partition coefficient (Wildman–Crippen LogP) is 4.67. The van der Waals surface area contributed by atoms with Crippen molar-refractivity contribution in [3.63, 3.8) is 0 Å². The molecule has 0 aliphatic carbocycles. The molecular weight excluding hydrogens is 358 g/mol. The van der Waals surface area contributed by atoms with Crippen LogP contribution in [0.4, 0.5) is 0 Å². The number of benzene rings is 2. The van der Waals surface area contributed by atoms with Gasteiger partial charge in [0, 0.05) is 13.1 Å². The van der Waals surface area contributed by atoms with Crippen molar-refractivity contribution in [1.82, 2.24) is 4.90 Å². The van der Waals surface area contributed by atoms with Gasteiger partial charge >= 0.3 is 0 Å². The van der Waals surface area contributed by atoms with E-state index in [2.05, 4.69) is 24.8 Å². The van der Waals surface area contributed by atoms with Gasteiger partial charge in [-0.25, -0.2) is 0 Å². The van der Waals surface area contributed by atoms with Gasteiger partial charge in [-0.15, -0.1) is 0 Å². The van der Waals surface area contributed by atoms with Gasteiger partial charge < -0.3 is 10.0 Å². The van der Waals surface area contributed by atoms with Crippen LogP contribution in [0.25, 0.3) is 12.2 Å².